The molecule has 1 N–H and O–H groups in total. The van der Waals surface area contributed by atoms with Gasteiger partial charge in [0.15, 0.2) is 0 Å². The number of rotatable bonds is 3. The van der Waals surface area contributed by atoms with Crippen LogP contribution in [0.5, 0.6) is 5.75 Å². The Bertz CT molecular complexity index is 450. The maximum Gasteiger partial charge on any atom is 0.137 e. The third-order valence-corrected chi connectivity index (χ3v) is 4.14. The third kappa shape index (κ3) is 3.46. The highest BCUT2D eigenvalue weighted by molar-refractivity contribution is 6.32. The van der Waals surface area contributed by atoms with Crippen LogP contribution < -0.4 is 10.1 Å². The van der Waals surface area contributed by atoms with E-state index in [1.807, 2.05) is 6.07 Å². The summed E-state index contributed by atoms with van der Waals surface area (Å²) >= 11 is 6.15. The number of benzene rings is 1. The third-order valence-electron chi connectivity index (χ3n) is 3.83. The summed E-state index contributed by atoms with van der Waals surface area (Å²) in [5.41, 5.74) is 1.44. The molecule has 0 spiro atoms. The molecule has 1 heterocycles. The second kappa shape index (κ2) is 6.33. The molecule has 0 unspecified atom stereocenters. The van der Waals surface area contributed by atoms with E-state index in [9.17, 15) is 0 Å². The summed E-state index contributed by atoms with van der Waals surface area (Å²) in [4.78, 5) is 2.55. The molecule has 0 saturated carbocycles. The first-order valence-corrected chi connectivity index (χ1v) is 7.59. The van der Waals surface area contributed by atoms with Crippen molar-refractivity contribution >= 4 is 11.6 Å². The topological polar surface area (TPSA) is 24.5 Å². The molecule has 0 aromatic heterocycles. The molecule has 0 aliphatic carbocycles. The van der Waals surface area contributed by atoms with Gasteiger partial charge in [-0.15, -0.1) is 0 Å². The summed E-state index contributed by atoms with van der Waals surface area (Å²) < 4.78 is 5.37. The minimum atomic E-state index is 0.163. The summed E-state index contributed by atoms with van der Waals surface area (Å²) in [6.45, 7) is 11.1. The van der Waals surface area contributed by atoms with E-state index >= 15 is 0 Å². The van der Waals surface area contributed by atoms with Gasteiger partial charge in [-0.2, -0.15) is 0 Å². The molecule has 1 atom stereocenters. The van der Waals surface area contributed by atoms with Crippen LogP contribution in [0.3, 0.4) is 0 Å². The van der Waals surface area contributed by atoms with Crippen LogP contribution in [0, 0.1) is 5.41 Å². The van der Waals surface area contributed by atoms with E-state index in [0.29, 0.717) is 11.1 Å². The van der Waals surface area contributed by atoms with Crippen LogP contribution in [-0.2, 0) is 0 Å². The highest BCUT2D eigenvalue weighted by atomic mass is 35.5. The quantitative estimate of drug-likeness (QED) is 0.926. The molecule has 1 aliphatic heterocycles. The van der Waals surface area contributed by atoms with Crippen molar-refractivity contribution in [2.75, 3.05) is 33.3 Å². The average Bonchev–Trinajstić information content (AvgIpc) is 2.40. The van der Waals surface area contributed by atoms with Crippen LogP contribution in [0.2, 0.25) is 5.02 Å². The Hall–Kier alpha value is -0.770. The SMILES string of the molecule is COc1cc([C@H](N2CCNCC2)C(C)(C)C)ccc1Cl. The predicted octanol–water partition coefficient (Wildman–Crippen LogP) is 3.34. The lowest BCUT2D eigenvalue weighted by atomic mass is 9.81. The summed E-state index contributed by atoms with van der Waals surface area (Å²) in [5, 5.41) is 4.09. The molecular weight excluding hydrogens is 272 g/mol. The Morgan fingerprint density at radius 2 is 1.90 bits per heavy atom. The van der Waals surface area contributed by atoms with Gasteiger partial charge in [0.25, 0.3) is 0 Å². The summed E-state index contributed by atoms with van der Waals surface area (Å²) in [6, 6.07) is 6.52. The summed E-state index contributed by atoms with van der Waals surface area (Å²) in [6.07, 6.45) is 0. The maximum absolute atomic E-state index is 6.15. The monoisotopic (exact) mass is 296 g/mol. The lowest BCUT2D eigenvalue weighted by Gasteiger charge is -2.42. The Kier molecular flexibility index (Phi) is 4.95. The smallest absolute Gasteiger partial charge is 0.137 e. The first-order chi connectivity index (χ1) is 9.43. The molecular formula is C16H25ClN2O. The zero-order valence-corrected chi connectivity index (χ0v) is 13.6. The second-order valence-corrected chi connectivity index (χ2v) is 6.86. The van der Waals surface area contributed by atoms with Gasteiger partial charge in [0.2, 0.25) is 0 Å². The fraction of sp³-hybridized carbons (Fsp3) is 0.625. The van der Waals surface area contributed by atoms with E-state index in [2.05, 4.69) is 43.1 Å². The van der Waals surface area contributed by atoms with Gasteiger partial charge in [0.05, 0.1) is 12.1 Å². The summed E-state index contributed by atoms with van der Waals surface area (Å²) in [5.74, 6) is 0.758. The lowest BCUT2D eigenvalue weighted by Crippen LogP contribution is -2.48. The molecule has 20 heavy (non-hydrogen) atoms. The lowest BCUT2D eigenvalue weighted by molar-refractivity contribution is 0.0861. The van der Waals surface area contributed by atoms with E-state index in [1.54, 1.807) is 7.11 Å². The largest absolute Gasteiger partial charge is 0.495 e. The van der Waals surface area contributed by atoms with Gasteiger partial charge < -0.3 is 10.1 Å². The van der Waals surface area contributed by atoms with Crippen molar-refractivity contribution in [1.82, 2.24) is 10.2 Å². The Morgan fingerprint density at radius 1 is 1.25 bits per heavy atom. The van der Waals surface area contributed by atoms with Crippen molar-refractivity contribution in [1.29, 1.82) is 0 Å². The molecule has 112 valence electrons. The van der Waals surface area contributed by atoms with Crippen molar-refractivity contribution in [3.8, 4) is 5.75 Å². The first kappa shape index (κ1) is 15.6. The molecule has 0 radical (unpaired) electrons. The van der Waals surface area contributed by atoms with Gasteiger partial charge in [0, 0.05) is 32.2 Å². The van der Waals surface area contributed by atoms with Crippen molar-refractivity contribution in [3.63, 3.8) is 0 Å². The highest BCUT2D eigenvalue weighted by Gasteiger charge is 2.32. The Labute approximate surface area is 127 Å². The van der Waals surface area contributed by atoms with E-state index < -0.39 is 0 Å². The maximum atomic E-state index is 6.15. The van der Waals surface area contributed by atoms with E-state index in [1.165, 1.54) is 5.56 Å². The van der Waals surface area contributed by atoms with Crippen LogP contribution in [-0.4, -0.2) is 38.2 Å². The molecule has 0 amide bonds. The van der Waals surface area contributed by atoms with Gasteiger partial charge in [-0.05, 0) is 23.1 Å². The van der Waals surface area contributed by atoms with Gasteiger partial charge in [-0.25, -0.2) is 0 Å². The van der Waals surface area contributed by atoms with Crippen LogP contribution in [0.25, 0.3) is 0 Å². The highest BCUT2D eigenvalue weighted by Crippen LogP contribution is 2.40. The number of hydrogen-bond acceptors (Lipinski definition) is 3. The fourth-order valence-electron chi connectivity index (χ4n) is 3.05. The van der Waals surface area contributed by atoms with Crippen LogP contribution >= 0.6 is 11.6 Å². The Balaban J connectivity index is 2.35. The minimum absolute atomic E-state index is 0.163. The Morgan fingerprint density at radius 3 is 2.45 bits per heavy atom. The molecule has 1 fully saturated rings. The molecule has 1 aromatic carbocycles. The van der Waals surface area contributed by atoms with Gasteiger partial charge in [-0.1, -0.05) is 38.4 Å². The number of nitrogens with one attached hydrogen (secondary N) is 1. The minimum Gasteiger partial charge on any atom is -0.495 e. The number of halogens is 1. The molecule has 0 bridgehead atoms. The number of piperazine rings is 1. The number of hydrogen-bond donors (Lipinski definition) is 1. The first-order valence-electron chi connectivity index (χ1n) is 7.21. The average molecular weight is 297 g/mol. The van der Waals surface area contributed by atoms with Crippen molar-refractivity contribution in [3.05, 3.63) is 28.8 Å². The summed E-state index contributed by atoms with van der Waals surface area (Å²) in [7, 11) is 1.67. The zero-order valence-electron chi connectivity index (χ0n) is 12.9. The van der Waals surface area contributed by atoms with Crippen LogP contribution in [0.15, 0.2) is 18.2 Å². The van der Waals surface area contributed by atoms with Crippen molar-refractivity contribution in [2.45, 2.75) is 26.8 Å². The zero-order chi connectivity index (χ0) is 14.8. The van der Waals surface area contributed by atoms with E-state index in [0.717, 1.165) is 31.9 Å². The molecule has 1 aliphatic rings. The normalized spacial score (nSPS) is 18.9. The predicted molar refractivity (Wildman–Crippen MR) is 84.6 cm³/mol. The number of nitrogens with zero attached hydrogens (tertiary/aromatic N) is 1. The molecule has 1 aromatic rings. The fourth-order valence-corrected chi connectivity index (χ4v) is 3.24. The number of ether oxygens (including phenoxy) is 1. The van der Waals surface area contributed by atoms with Gasteiger partial charge in [-0.3, -0.25) is 4.90 Å². The standard InChI is InChI=1S/C16H25ClN2O/c1-16(2,3)15(19-9-7-18-8-10-19)12-5-6-13(17)14(11-12)20-4/h5-6,11,15,18H,7-10H2,1-4H3/t15-/m0/s1. The van der Waals surface area contributed by atoms with Crippen molar-refractivity contribution < 1.29 is 4.74 Å². The van der Waals surface area contributed by atoms with Gasteiger partial charge >= 0.3 is 0 Å². The molecule has 3 nitrogen and oxygen atoms in total. The van der Waals surface area contributed by atoms with Crippen LogP contribution in [0.4, 0.5) is 0 Å². The number of methoxy groups -OCH3 is 1. The van der Waals surface area contributed by atoms with Crippen LogP contribution in [0.1, 0.15) is 32.4 Å². The van der Waals surface area contributed by atoms with E-state index in [4.69, 9.17) is 16.3 Å². The van der Waals surface area contributed by atoms with E-state index in [-0.39, 0.29) is 5.41 Å². The molecule has 1 saturated heterocycles. The van der Waals surface area contributed by atoms with Gasteiger partial charge in [0.1, 0.15) is 5.75 Å². The molecule has 2 rings (SSSR count). The second-order valence-electron chi connectivity index (χ2n) is 6.45. The molecule has 4 heteroatoms. The van der Waals surface area contributed by atoms with Crippen molar-refractivity contribution in [2.24, 2.45) is 5.41 Å².